The number of aromatic amines is 1. The van der Waals surface area contributed by atoms with Gasteiger partial charge in [-0.15, -0.1) is 6.58 Å². The van der Waals surface area contributed by atoms with Gasteiger partial charge in [0.1, 0.15) is 0 Å². The van der Waals surface area contributed by atoms with Crippen molar-refractivity contribution in [3.8, 4) is 0 Å². The zero-order chi connectivity index (χ0) is 13.7. The van der Waals surface area contributed by atoms with Gasteiger partial charge in [-0.25, -0.2) is 0 Å². The number of hydrogen-bond acceptors (Lipinski definition) is 3. The largest absolute Gasteiger partial charge is 0.398 e. The molecule has 1 aromatic heterocycles. The van der Waals surface area contributed by atoms with Crippen molar-refractivity contribution in [3.63, 3.8) is 0 Å². The van der Waals surface area contributed by atoms with Gasteiger partial charge in [-0.3, -0.25) is 5.14 Å². The van der Waals surface area contributed by atoms with Gasteiger partial charge < -0.3 is 10.7 Å². The number of nitrogen functional groups attached to an aromatic ring is 1. The topological polar surface area (TPSA) is 67.8 Å². The number of aryl methyl sites for hydroxylation is 1. The molecule has 1 heterocycles. The maximum Gasteiger partial charge on any atom is 0.0476 e. The Morgan fingerprint density at radius 1 is 1.33 bits per heavy atom. The van der Waals surface area contributed by atoms with Crippen LogP contribution in [0, 0.1) is 6.92 Å². The zero-order valence-corrected chi connectivity index (χ0v) is 11.6. The highest BCUT2D eigenvalue weighted by Crippen LogP contribution is 2.30. The van der Waals surface area contributed by atoms with Gasteiger partial charge in [-0.2, -0.15) is 0 Å². The Balaban J connectivity index is 0.000000492. The van der Waals surface area contributed by atoms with Crippen LogP contribution in [0.1, 0.15) is 18.2 Å². The maximum absolute atomic E-state index is 5.88. The Hall–Kier alpha value is -1.65. The first-order valence-corrected chi connectivity index (χ1v) is 6.45. The van der Waals surface area contributed by atoms with E-state index in [0.717, 1.165) is 39.0 Å². The van der Waals surface area contributed by atoms with Crippen LogP contribution in [0.4, 0.5) is 5.69 Å². The molecule has 2 rings (SSSR count). The molecule has 4 heteroatoms. The number of nitrogens with one attached hydrogen (secondary N) is 1. The van der Waals surface area contributed by atoms with E-state index in [4.69, 9.17) is 10.9 Å². The number of anilines is 1. The van der Waals surface area contributed by atoms with Crippen molar-refractivity contribution in [1.29, 1.82) is 0 Å². The molecular formula is C14H19N3S. The average molecular weight is 261 g/mol. The number of nitrogens with two attached hydrogens (primary N) is 2. The number of benzene rings is 1. The maximum atomic E-state index is 5.88. The number of rotatable bonds is 2. The number of hydrogen-bond donors (Lipinski definition) is 3. The lowest BCUT2D eigenvalue weighted by molar-refractivity contribution is 1.29. The Morgan fingerprint density at radius 2 is 1.94 bits per heavy atom. The molecule has 0 spiro atoms. The fraction of sp³-hybridized carbons (Fsp3) is 0.143. The first kappa shape index (κ1) is 14.4. The van der Waals surface area contributed by atoms with Crippen LogP contribution < -0.4 is 10.9 Å². The van der Waals surface area contributed by atoms with Crippen LogP contribution in [0.2, 0.25) is 0 Å². The van der Waals surface area contributed by atoms with Gasteiger partial charge in [0, 0.05) is 32.7 Å². The highest BCUT2D eigenvalue weighted by atomic mass is 32.2. The first-order chi connectivity index (χ1) is 8.58. The molecule has 96 valence electrons. The minimum atomic E-state index is 0.706. The lowest BCUT2D eigenvalue weighted by Gasteiger charge is -2.02. The molecule has 0 saturated carbocycles. The van der Waals surface area contributed by atoms with E-state index in [9.17, 15) is 0 Å². The van der Waals surface area contributed by atoms with Gasteiger partial charge in [-0.1, -0.05) is 18.7 Å². The molecule has 0 radical (unpaired) electrons. The second-order valence-electron chi connectivity index (χ2n) is 3.83. The van der Waals surface area contributed by atoms with Crippen LogP contribution in [-0.4, -0.2) is 4.98 Å². The quantitative estimate of drug-likeness (QED) is 0.437. The van der Waals surface area contributed by atoms with Crippen molar-refractivity contribution in [3.05, 3.63) is 42.6 Å². The summed E-state index contributed by atoms with van der Waals surface area (Å²) >= 11 is 1.16. The molecule has 5 N–H and O–H groups in total. The third-order valence-electron chi connectivity index (χ3n) is 2.50. The molecule has 0 aliphatic rings. The summed E-state index contributed by atoms with van der Waals surface area (Å²) in [6.07, 6.45) is 3.59. The van der Waals surface area contributed by atoms with Crippen molar-refractivity contribution in [1.82, 2.24) is 4.98 Å². The number of allylic oxidation sites excluding steroid dienone is 1. The van der Waals surface area contributed by atoms with E-state index in [1.54, 1.807) is 6.08 Å². The van der Waals surface area contributed by atoms with E-state index in [-0.39, 0.29) is 0 Å². The van der Waals surface area contributed by atoms with E-state index >= 15 is 0 Å². The first-order valence-electron chi connectivity index (χ1n) is 5.57. The second kappa shape index (κ2) is 6.33. The summed E-state index contributed by atoms with van der Waals surface area (Å²) in [6, 6.07) is 3.90. The lowest BCUT2D eigenvalue weighted by atomic mass is 10.1. The van der Waals surface area contributed by atoms with Crippen LogP contribution >= 0.6 is 11.9 Å². The highest BCUT2D eigenvalue weighted by molar-refractivity contribution is 7.97. The number of H-pyrrole nitrogens is 1. The van der Waals surface area contributed by atoms with Crippen molar-refractivity contribution in [2.75, 3.05) is 5.73 Å². The van der Waals surface area contributed by atoms with Crippen LogP contribution in [0.25, 0.3) is 17.0 Å². The van der Waals surface area contributed by atoms with E-state index in [2.05, 4.69) is 18.1 Å². The summed E-state index contributed by atoms with van der Waals surface area (Å²) in [5, 5.41) is 6.62. The third kappa shape index (κ3) is 2.78. The van der Waals surface area contributed by atoms with Crippen molar-refractivity contribution in [2.24, 2.45) is 5.14 Å². The normalized spacial score (nSPS) is 9.72. The minimum Gasteiger partial charge on any atom is -0.398 e. The van der Waals surface area contributed by atoms with Crippen LogP contribution in [-0.2, 0) is 0 Å². The van der Waals surface area contributed by atoms with Crippen LogP contribution in [0.15, 0.2) is 36.3 Å². The van der Waals surface area contributed by atoms with E-state index in [1.807, 2.05) is 32.1 Å². The summed E-state index contributed by atoms with van der Waals surface area (Å²) in [7, 11) is 0. The molecule has 0 fully saturated rings. The van der Waals surface area contributed by atoms with Gasteiger partial charge in [0.25, 0.3) is 0 Å². The van der Waals surface area contributed by atoms with Gasteiger partial charge in [0.2, 0.25) is 0 Å². The molecule has 0 atom stereocenters. The number of fused-ring (bicyclic) bond motifs is 1. The summed E-state index contributed by atoms with van der Waals surface area (Å²) in [4.78, 5) is 4.17. The Morgan fingerprint density at radius 3 is 2.44 bits per heavy atom. The summed E-state index contributed by atoms with van der Waals surface area (Å²) in [5.41, 5.74) is 9.83. The summed E-state index contributed by atoms with van der Waals surface area (Å²) < 4.78 is 0. The molecule has 1 aromatic carbocycles. The van der Waals surface area contributed by atoms with Gasteiger partial charge in [0.15, 0.2) is 0 Å². The van der Waals surface area contributed by atoms with Gasteiger partial charge in [0.05, 0.1) is 0 Å². The molecule has 18 heavy (non-hydrogen) atoms. The fourth-order valence-corrected chi connectivity index (χ4v) is 2.14. The monoisotopic (exact) mass is 261 g/mol. The Bertz CT molecular complexity index is 570. The molecule has 0 unspecified atom stereocenters. The minimum absolute atomic E-state index is 0.706. The zero-order valence-electron chi connectivity index (χ0n) is 10.8. The summed E-state index contributed by atoms with van der Waals surface area (Å²) in [5.74, 6) is 0. The molecule has 0 saturated heterocycles. The van der Waals surface area contributed by atoms with Gasteiger partial charge >= 0.3 is 0 Å². The Kier molecular flexibility index (Phi) is 5.07. The summed E-state index contributed by atoms with van der Waals surface area (Å²) in [6.45, 7) is 11.1. The molecule has 0 bridgehead atoms. The Labute approximate surface area is 112 Å². The third-order valence-corrected chi connectivity index (χ3v) is 3.10. The SMILES string of the molecule is C=CC.C=Cc1c(C)[nH]c2cc(SN)c(N)cc12. The predicted octanol–water partition coefficient (Wildman–Crippen LogP) is 3.86. The van der Waals surface area contributed by atoms with Crippen molar-refractivity contribution >= 4 is 34.6 Å². The van der Waals surface area contributed by atoms with Crippen molar-refractivity contribution in [2.45, 2.75) is 18.7 Å². The molecule has 2 aromatic rings. The molecular weight excluding hydrogens is 242 g/mol. The smallest absolute Gasteiger partial charge is 0.0476 e. The molecule has 0 aliphatic carbocycles. The van der Waals surface area contributed by atoms with Crippen LogP contribution in [0.5, 0.6) is 0 Å². The lowest BCUT2D eigenvalue weighted by Crippen LogP contribution is -1.90. The van der Waals surface area contributed by atoms with E-state index < -0.39 is 0 Å². The van der Waals surface area contributed by atoms with Crippen LogP contribution in [0.3, 0.4) is 0 Å². The number of aromatic nitrogens is 1. The highest BCUT2D eigenvalue weighted by Gasteiger charge is 2.08. The van der Waals surface area contributed by atoms with Crippen molar-refractivity contribution < 1.29 is 0 Å². The molecule has 0 aliphatic heterocycles. The average Bonchev–Trinajstić information content (AvgIpc) is 2.63. The van der Waals surface area contributed by atoms with E-state index in [1.165, 1.54) is 0 Å². The second-order valence-corrected chi connectivity index (χ2v) is 4.51. The standard InChI is InChI=1S/C11H13N3S.C3H6/c1-3-7-6(2)14-10-5-11(15-13)9(12)4-8(7)10;1-3-2/h3-5,14H,1,12-13H2,2H3;3H,1H2,2H3. The predicted molar refractivity (Wildman–Crippen MR) is 83.5 cm³/mol. The van der Waals surface area contributed by atoms with E-state index in [0.29, 0.717) is 5.69 Å². The van der Waals surface area contributed by atoms with Gasteiger partial charge in [-0.05, 0) is 37.9 Å². The molecule has 0 amide bonds. The molecule has 3 nitrogen and oxygen atoms in total. The fourth-order valence-electron chi connectivity index (χ4n) is 1.76.